The molecule has 0 radical (unpaired) electrons. The van der Waals surface area contributed by atoms with Gasteiger partial charge in [-0.2, -0.15) is 0 Å². The van der Waals surface area contributed by atoms with Crippen molar-refractivity contribution in [2.75, 3.05) is 11.9 Å². The number of rotatable bonds is 2. The summed E-state index contributed by atoms with van der Waals surface area (Å²) in [6.45, 7) is 4.82. The zero-order chi connectivity index (χ0) is 13.1. The third-order valence-electron chi connectivity index (χ3n) is 3.46. The SMILES string of the molecule is Cc1cc(NC(=O)C2CCNC(C)C2)ccc1O. The van der Waals surface area contributed by atoms with Gasteiger partial charge in [0, 0.05) is 17.6 Å². The fourth-order valence-electron chi connectivity index (χ4n) is 2.35. The van der Waals surface area contributed by atoms with Gasteiger partial charge in [0.25, 0.3) is 0 Å². The van der Waals surface area contributed by atoms with Crippen molar-refractivity contribution in [1.82, 2.24) is 5.32 Å². The van der Waals surface area contributed by atoms with Crippen LogP contribution in [0.1, 0.15) is 25.3 Å². The first-order chi connectivity index (χ1) is 8.56. The monoisotopic (exact) mass is 248 g/mol. The van der Waals surface area contributed by atoms with Gasteiger partial charge in [0.05, 0.1) is 0 Å². The van der Waals surface area contributed by atoms with Gasteiger partial charge >= 0.3 is 0 Å². The standard InChI is InChI=1S/C14H20N2O2/c1-9-7-12(3-4-13(9)17)16-14(18)11-5-6-15-10(2)8-11/h3-4,7,10-11,15,17H,5-6,8H2,1-2H3,(H,16,18). The van der Waals surface area contributed by atoms with Crippen LogP contribution in [0.4, 0.5) is 5.69 Å². The number of hydrogen-bond donors (Lipinski definition) is 3. The number of benzene rings is 1. The smallest absolute Gasteiger partial charge is 0.227 e. The summed E-state index contributed by atoms with van der Waals surface area (Å²) in [6.07, 6.45) is 1.76. The van der Waals surface area contributed by atoms with Crippen molar-refractivity contribution >= 4 is 11.6 Å². The minimum atomic E-state index is 0.0773. The summed E-state index contributed by atoms with van der Waals surface area (Å²) in [7, 11) is 0. The Morgan fingerprint density at radius 3 is 2.94 bits per heavy atom. The highest BCUT2D eigenvalue weighted by molar-refractivity contribution is 5.92. The van der Waals surface area contributed by atoms with E-state index >= 15 is 0 Å². The number of aromatic hydroxyl groups is 1. The number of carbonyl (C=O) groups is 1. The zero-order valence-electron chi connectivity index (χ0n) is 10.9. The molecule has 0 aliphatic carbocycles. The molecular weight excluding hydrogens is 228 g/mol. The lowest BCUT2D eigenvalue weighted by Crippen LogP contribution is -2.40. The van der Waals surface area contributed by atoms with E-state index in [1.165, 1.54) is 0 Å². The molecule has 3 N–H and O–H groups in total. The van der Waals surface area contributed by atoms with Crippen LogP contribution in [0, 0.1) is 12.8 Å². The number of hydrogen-bond acceptors (Lipinski definition) is 3. The summed E-state index contributed by atoms with van der Waals surface area (Å²) in [4.78, 5) is 12.1. The van der Waals surface area contributed by atoms with Crippen LogP contribution >= 0.6 is 0 Å². The molecule has 18 heavy (non-hydrogen) atoms. The third kappa shape index (κ3) is 3.01. The molecule has 1 aliphatic rings. The minimum Gasteiger partial charge on any atom is -0.508 e. The second kappa shape index (κ2) is 5.40. The lowest BCUT2D eigenvalue weighted by molar-refractivity contribution is -0.120. The van der Waals surface area contributed by atoms with E-state index in [2.05, 4.69) is 17.6 Å². The number of aryl methyl sites for hydroxylation is 1. The first-order valence-corrected chi connectivity index (χ1v) is 6.40. The van der Waals surface area contributed by atoms with Crippen molar-refractivity contribution < 1.29 is 9.90 Å². The molecule has 4 heteroatoms. The molecule has 2 rings (SSSR count). The van der Waals surface area contributed by atoms with E-state index in [4.69, 9.17) is 0 Å². The number of nitrogens with one attached hydrogen (secondary N) is 2. The van der Waals surface area contributed by atoms with Crippen molar-refractivity contribution in [3.05, 3.63) is 23.8 Å². The van der Waals surface area contributed by atoms with Gasteiger partial charge in [-0.25, -0.2) is 0 Å². The normalized spacial score (nSPS) is 23.7. The van der Waals surface area contributed by atoms with Crippen LogP contribution in [0.2, 0.25) is 0 Å². The number of phenols is 1. The Balaban J connectivity index is 2.00. The molecule has 1 aliphatic heterocycles. The fourth-order valence-corrected chi connectivity index (χ4v) is 2.35. The molecule has 1 saturated heterocycles. The predicted octanol–water partition coefficient (Wildman–Crippen LogP) is 2.03. The van der Waals surface area contributed by atoms with Gasteiger partial charge in [0.15, 0.2) is 0 Å². The van der Waals surface area contributed by atoms with Crippen molar-refractivity contribution in [2.24, 2.45) is 5.92 Å². The number of amides is 1. The van der Waals surface area contributed by atoms with Gasteiger partial charge in [-0.3, -0.25) is 4.79 Å². The van der Waals surface area contributed by atoms with E-state index in [9.17, 15) is 9.90 Å². The molecule has 1 amide bonds. The van der Waals surface area contributed by atoms with Crippen LogP contribution in [0.5, 0.6) is 5.75 Å². The Morgan fingerprint density at radius 1 is 1.50 bits per heavy atom. The van der Waals surface area contributed by atoms with E-state index in [0.29, 0.717) is 6.04 Å². The summed E-state index contributed by atoms with van der Waals surface area (Å²) < 4.78 is 0. The molecule has 98 valence electrons. The number of anilines is 1. The third-order valence-corrected chi connectivity index (χ3v) is 3.46. The van der Waals surface area contributed by atoms with Crippen molar-refractivity contribution in [1.29, 1.82) is 0 Å². The zero-order valence-corrected chi connectivity index (χ0v) is 10.9. The summed E-state index contributed by atoms with van der Waals surface area (Å²) in [6, 6.07) is 5.52. The van der Waals surface area contributed by atoms with E-state index in [-0.39, 0.29) is 17.6 Å². The number of phenolic OH excluding ortho intramolecular Hbond substituents is 1. The molecule has 0 spiro atoms. The number of carbonyl (C=O) groups excluding carboxylic acids is 1. The fraction of sp³-hybridized carbons (Fsp3) is 0.500. The van der Waals surface area contributed by atoms with E-state index in [1.807, 2.05) is 6.92 Å². The highest BCUT2D eigenvalue weighted by atomic mass is 16.3. The predicted molar refractivity (Wildman–Crippen MR) is 71.7 cm³/mol. The van der Waals surface area contributed by atoms with Crippen LogP contribution < -0.4 is 10.6 Å². The van der Waals surface area contributed by atoms with Gasteiger partial charge in [-0.05, 0) is 57.0 Å². The maximum absolute atomic E-state index is 12.1. The lowest BCUT2D eigenvalue weighted by atomic mass is 9.92. The summed E-state index contributed by atoms with van der Waals surface area (Å²) >= 11 is 0. The Bertz CT molecular complexity index is 445. The van der Waals surface area contributed by atoms with Gasteiger partial charge in [0.1, 0.15) is 5.75 Å². The molecule has 1 aromatic carbocycles. The molecule has 4 nitrogen and oxygen atoms in total. The van der Waals surface area contributed by atoms with Gasteiger partial charge in [0.2, 0.25) is 5.91 Å². The molecule has 2 unspecified atom stereocenters. The Labute approximate surface area is 107 Å². The van der Waals surface area contributed by atoms with Crippen LogP contribution in [-0.4, -0.2) is 23.6 Å². The van der Waals surface area contributed by atoms with Crippen molar-refractivity contribution in [3.8, 4) is 5.75 Å². The van der Waals surface area contributed by atoms with Gasteiger partial charge in [-0.1, -0.05) is 0 Å². The molecule has 1 fully saturated rings. The molecule has 2 atom stereocenters. The first kappa shape index (κ1) is 12.9. The average Bonchev–Trinajstić information content (AvgIpc) is 2.34. The van der Waals surface area contributed by atoms with Crippen LogP contribution in [0.15, 0.2) is 18.2 Å². The lowest BCUT2D eigenvalue weighted by Gasteiger charge is -2.27. The van der Waals surface area contributed by atoms with Crippen molar-refractivity contribution in [3.63, 3.8) is 0 Å². The first-order valence-electron chi connectivity index (χ1n) is 6.40. The molecule has 1 heterocycles. The molecule has 0 aromatic heterocycles. The molecule has 1 aromatic rings. The summed E-state index contributed by atoms with van der Waals surface area (Å²) in [5, 5.41) is 15.7. The highest BCUT2D eigenvalue weighted by Gasteiger charge is 2.24. The average molecular weight is 248 g/mol. The second-order valence-corrected chi connectivity index (χ2v) is 5.07. The van der Waals surface area contributed by atoms with E-state index in [0.717, 1.165) is 30.6 Å². The van der Waals surface area contributed by atoms with Crippen LogP contribution in [0.25, 0.3) is 0 Å². The molecule has 0 bridgehead atoms. The largest absolute Gasteiger partial charge is 0.508 e. The second-order valence-electron chi connectivity index (χ2n) is 5.07. The summed E-state index contributed by atoms with van der Waals surface area (Å²) in [5.74, 6) is 0.410. The number of piperidine rings is 1. The molecule has 0 saturated carbocycles. The van der Waals surface area contributed by atoms with Gasteiger partial charge in [-0.15, -0.1) is 0 Å². The Kier molecular flexibility index (Phi) is 3.87. The van der Waals surface area contributed by atoms with Gasteiger partial charge < -0.3 is 15.7 Å². The highest BCUT2D eigenvalue weighted by Crippen LogP contribution is 2.22. The summed E-state index contributed by atoms with van der Waals surface area (Å²) in [5.41, 5.74) is 1.52. The van der Waals surface area contributed by atoms with Crippen LogP contribution in [-0.2, 0) is 4.79 Å². The van der Waals surface area contributed by atoms with Crippen molar-refractivity contribution in [2.45, 2.75) is 32.7 Å². The Morgan fingerprint density at radius 2 is 2.28 bits per heavy atom. The van der Waals surface area contributed by atoms with E-state index in [1.54, 1.807) is 18.2 Å². The minimum absolute atomic E-state index is 0.0773. The quantitative estimate of drug-likeness (QED) is 0.702. The van der Waals surface area contributed by atoms with E-state index < -0.39 is 0 Å². The van der Waals surface area contributed by atoms with Crippen LogP contribution in [0.3, 0.4) is 0 Å². The maximum atomic E-state index is 12.1. The molecular formula is C14H20N2O2. The maximum Gasteiger partial charge on any atom is 0.227 e. The Hall–Kier alpha value is -1.55. The topological polar surface area (TPSA) is 61.4 Å².